The molecule has 0 spiro atoms. The Morgan fingerprint density at radius 1 is 1.44 bits per heavy atom. The number of hydrogen-bond acceptors (Lipinski definition) is 4. The van der Waals surface area contributed by atoms with E-state index in [0.29, 0.717) is 0 Å². The van der Waals surface area contributed by atoms with Crippen molar-refractivity contribution in [3.8, 4) is 0 Å². The van der Waals surface area contributed by atoms with Gasteiger partial charge >= 0.3 is 0 Å². The number of alkyl halides is 1. The van der Waals surface area contributed by atoms with E-state index in [1.165, 1.54) is 0 Å². The largest absolute Gasteiger partial charge is 0.597 e. The molecule has 0 amide bonds. The third-order valence-electron chi connectivity index (χ3n) is 3.25. The van der Waals surface area contributed by atoms with E-state index >= 15 is 0 Å². The fraction of sp³-hybridized carbons (Fsp3) is 1.00. The van der Waals surface area contributed by atoms with Crippen molar-refractivity contribution in [2.75, 3.05) is 7.05 Å². The summed E-state index contributed by atoms with van der Waals surface area (Å²) in [6, 6.07) is 0.0311. The van der Waals surface area contributed by atoms with Crippen LogP contribution in [-0.4, -0.2) is 48.1 Å². The first-order valence-corrected chi connectivity index (χ1v) is 8.62. The molecule has 0 radical (unpaired) electrons. The summed E-state index contributed by atoms with van der Waals surface area (Å²) < 4.78 is 19.7. The monoisotopic (exact) mass is 389 g/mol. The van der Waals surface area contributed by atoms with Gasteiger partial charge in [-0.1, -0.05) is 22.6 Å². The smallest absolute Gasteiger partial charge is 0.166 e. The summed E-state index contributed by atoms with van der Waals surface area (Å²) in [5, 5.41) is 9.75. The average molecular weight is 389 g/mol. The van der Waals surface area contributed by atoms with Crippen LogP contribution in [0.4, 0.5) is 0 Å². The van der Waals surface area contributed by atoms with Crippen LogP contribution in [0.1, 0.15) is 40.5 Å². The zero-order valence-corrected chi connectivity index (χ0v) is 14.7. The predicted molar refractivity (Wildman–Crippen MR) is 83.0 cm³/mol. The summed E-state index contributed by atoms with van der Waals surface area (Å²) in [5.41, 5.74) is 0. The van der Waals surface area contributed by atoms with Crippen molar-refractivity contribution in [3.63, 3.8) is 0 Å². The van der Waals surface area contributed by atoms with Gasteiger partial charge in [-0.15, -0.1) is 4.31 Å². The van der Waals surface area contributed by atoms with E-state index in [1.54, 1.807) is 0 Å². The van der Waals surface area contributed by atoms with Crippen LogP contribution in [0.15, 0.2) is 0 Å². The fourth-order valence-corrected chi connectivity index (χ4v) is 3.80. The zero-order valence-electron chi connectivity index (χ0n) is 11.7. The molecule has 18 heavy (non-hydrogen) atoms. The van der Waals surface area contributed by atoms with Gasteiger partial charge in [0.25, 0.3) is 0 Å². The van der Waals surface area contributed by atoms with Crippen molar-refractivity contribution in [2.45, 2.75) is 67.6 Å². The second kappa shape index (κ2) is 6.58. The first-order chi connectivity index (χ1) is 8.14. The summed E-state index contributed by atoms with van der Waals surface area (Å²) in [5.74, 6) is 0. The molecule has 1 aliphatic heterocycles. The maximum Gasteiger partial charge on any atom is 0.166 e. The molecular weight excluding hydrogens is 365 g/mol. The lowest BCUT2D eigenvalue weighted by Gasteiger charge is -2.39. The fourth-order valence-electron chi connectivity index (χ4n) is 1.97. The molecule has 0 aromatic carbocycles. The van der Waals surface area contributed by atoms with Crippen LogP contribution in [0, 0.1) is 0 Å². The molecule has 1 saturated heterocycles. The van der Waals surface area contributed by atoms with Crippen molar-refractivity contribution < 1.29 is 14.4 Å². The molecule has 1 fully saturated rings. The standard InChI is InChI=1S/C12H24INO3S/c1-8(14(5)18(16)12(2,3)4)10-7-6-9(13)11(15)17-10/h8-11,15H,6-7H2,1-5H3/t8-,9?,10-,11?,18-/m0/s1. The van der Waals surface area contributed by atoms with Crippen LogP contribution in [-0.2, 0) is 16.1 Å². The highest BCUT2D eigenvalue weighted by Crippen LogP contribution is 2.29. The van der Waals surface area contributed by atoms with Crippen LogP contribution >= 0.6 is 22.6 Å². The van der Waals surface area contributed by atoms with E-state index in [-0.39, 0.29) is 20.8 Å². The van der Waals surface area contributed by atoms with Gasteiger partial charge in [-0.3, -0.25) is 0 Å². The third-order valence-corrected chi connectivity index (χ3v) is 6.39. The molecule has 1 heterocycles. The molecule has 4 nitrogen and oxygen atoms in total. The Labute approximate surface area is 127 Å². The topological polar surface area (TPSA) is 55.8 Å². The minimum absolute atomic E-state index is 0.0311. The summed E-state index contributed by atoms with van der Waals surface area (Å²) in [6.07, 6.45) is 1.08. The molecule has 1 rings (SSSR count). The lowest BCUT2D eigenvalue weighted by Crippen LogP contribution is -2.52. The Balaban J connectivity index is 2.61. The van der Waals surface area contributed by atoms with Crippen molar-refractivity contribution in [2.24, 2.45) is 0 Å². The number of rotatable bonds is 3. The number of hydrogen-bond donors (Lipinski definition) is 1. The van der Waals surface area contributed by atoms with Crippen LogP contribution < -0.4 is 0 Å². The van der Waals surface area contributed by atoms with Crippen molar-refractivity contribution in [1.29, 1.82) is 0 Å². The molecule has 0 aliphatic carbocycles. The van der Waals surface area contributed by atoms with E-state index in [1.807, 2.05) is 39.0 Å². The molecule has 0 aromatic heterocycles. The normalized spacial score (nSPS) is 33.5. The molecule has 2 unspecified atom stereocenters. The minimum Gasteiger partial charge on any atom is -0.597 e. The summed E-state index contributed by atoms with van der Waals surface area (Å²) in [7, 11) is 1.86. The summed E-state index contributed by atoms with van der Waals surface area (Å²) in [6.45, 7) is 7.89. The lowest BCUT2D eigenvalue weighted by atomic mass is 10.0. The van der Waals surface area contributed by atoms with Gasteiger partial charge in [0, 0.05) is 18.4 Å². The number of aliphatic hydroxyl groups is 1. The van der Waals surface area contributed by atoms with Crippen molar-refractivity contribution in [3.05, 3.63) is 0 Å². The van der Waals surface area contributed by atoms with Gasteiger partial charge in [-0.2, -0.15) is 0 Å². The first kappa shape index (κ1) is 17.0. The van der Waals surface area contributed by atoms with Crippen LogP contribution in [0.25, 0.3) is 0 Å². The Bertz CT molecular complexity index is 275. The van der Waals surface area contributed by atoms with Crippen LogP contribution in [0.5, 0.6) is 0 Å². The van der Waals surface area contributed by atoms with E-state index < -0.39 is 17.7 Å². The molecule has 0 bridgehead atoms. The van der Waals surface area contributed by atoms with Gasteiger partial charge in [-0.05, 0) is 40.5 Å². The molecule has 0 aromatic rings. The molecule has 0 saturated carbocycles. The van der Waals surface area contributed by atoms with Gasteiger partial charge in [0.2, 0.25) is 0 Å². The highest BCUT2D eigenvalue weighted by Gasteiger charge is 2.39. The average Bonchev–Trinajstić information content (AvgIpc) is 2.28. The summed E-state index contributed by atoms with van der Waals surface area (Å²) >= 11 is 1.15. The Hall–Kier alpha value is 0.920. The second-order valence-corrected chi connectivity index (χ2v) is 9.71. The van der Waals surface area contributed by atoms with E-state index in [9.17, 15) is 9.66 Å². The van der Waals surface area contributed by atoms with E-state index in [4.69, 9.17) is 4.74 Å². The highest BCUT2D eigenvalue weighted by molar-refractivity contribution is 14.1. The van der Waals surface area contributed by atoms with Crippen molar-refractivity contribution in [1.82, 2.24) is 4.31 Å². The quantitative estimate of drug-likeness (QED) is 0.456. The number of aliphatic hydroxyl groups excluding tert-OH is 1. The van der Waals surface area contributed by atoms with Crippen molar-refractivity contribution >= 4 is 34.0 Å². The van der Waals surface area contributed by atoms with E-state index in [2.05, 4.69) is 22.6 Å². The van der Waals surface area contributed by atoms with Gasteiger partial charge in [0.05, 0.1) is 16.1 Å². The number of likely N-dealkylation sites (N-methyl/N-ethyl adjacent to an activating group) is 1. The summed E-state index contributed by atoms with van der Waals surface area (Å²) in [4.78, 5) is 0. The Morgan fingerprint density at radius 2 is 2.00 bits per heavy atom. The molecular formula is C12H24INO3S. The Morgan fingerprint density at radius 3 is 2.44 bits per heavy atom. The molecule has 5 atom stereocenters. The SMILES string of the molecule is C[C@@H]([C@@H]1CCC(I)C(O)O1)N(C)[S@@+]([O-])C(C)(C)C. The molecule has 6 heteroatoms. The predicted octanol–water partition coefficient (Wildman–Crippen LogP) is 2.07. The Kier molecular flexibility index (Phi) is 6.21. The second-order valence-electron chi connectivity index (χ2n) is 5.81. The van der Waals surface area contributed by atoms with Gasteiger partial charge in [-0.25, -0.2) is 0 Å². The minimum atomic E-state index is -1.06. The molecule has 108 valence electrons. The maximum atomic E-state index is 12.3. The first-order valence-electron chi connectivity index (χ1n) is 6.27. The lowest BCUT2D eigenvalue weighted by molar-refractivity contribution is -0.166. The maximum absolute atomic E-state index is 12.3. The molecule has 1 aliphatic rings. The van der Waals surface area contributed by atoms with Crippen LogP contribution in [0.2, 0.25) is 0 Å². The number of nitrogens with zero attached hydrogens (tertiary/aromatic N) is 1. The van der Waals surface area contributed by atoms with Crippen LogP contribution in [0.3, 0.4) is 0 Å². The van der Waals surface area contributed by atoms with Gasteiger partial charge < -0.3 is 14.4 Å². The highest BCUT2D eigenvalue weighted by atomic mass is 127. The third kappa shape index (κ3) is 4.21. The van der Waals surface area contributed by atoms with Gasteiger partial charge in [0.1, 0.15) is 4.75 Å². The van der Waals surface area contributed by atoms with Gasteiger partial charge in [0.15, 0.2) is 6.29 Å². The number of halogens is 1. The van der Waals surface area contributed by atoms with E-state index in [0.717, 1.165) is 12.8 Å². The number of ether oxygens (including phenoxy) is 1. The molecule has 1 N–H and O–H groups in total. The zero-order chi connectivity index (χ0) is 14.1.